The van der Waals surface area contributed by atoms with E-state index in [2.05, 4.69) is 11.9 Å². The molecular weight excluding hydrogens is 244 g/mol. The fraction of sp³-hybridized carbons (Fsp3) is 0.500. The van der Waals surface area contributed by atoms with Crippen LogP contribution in [0.4, 0.5) is 0 Å². The van der Waals surface area contributed by atoms with Gasteiger partial charge in [-0.3, -0.25) is 4.79 Å². The molecule has 4 aliphatic rings. The number of fused-ring (bicyclic) bond motifs is 3. The second kappa shape index (κ2) is 3.87. The van der Waals surface area contributed by atoms with E-state index in [0.717, 1.165) is 25.3 Å². The Morgan fingerprint density at radius 2 is 1.95 bits per heavy atom. The quantitative estimate of drug-likeness (QED) is 0.754. The Kier molecular flexibility index (Phi) is 2.26. The van der Waals surface area contributed by atoms with Gasteiger partial charge in [0.05, 0.1) is 0 Å². The van der Waals surface area contributed by atoms with Crippen LogP contribution >= 0.6 is 0 Å². The van der Waals surface area contributed by atoms with Gasteiger partial charge in [-0.2, -0.15) is 0 Å². The molecule has 0 radical (unpaired) electrons. The van der Waals surface area contributed by atoms with Gasteiger partial charge < -0.3 is 19.3 Å². The van der Waals surface area contributed by atoms with Crippen LogP contribution in [0, 0.1) is 0 Å². The van der Waals surface area contributed by atoms with E-state index in [9.17, 15) is 4.79 Å². The molecule has 0 aliphatic carbocycles. The zero-order valence-electron chi connectivity index (χ0n) is 10.8. The highest BCUT2D eigenvalue weighted by Crippen LogP contribution is 2.36. The first-order valence-electron chi connectivity index (χ1n) is 6.63. The molecule has 1 amide bonds. The number of piperidine rings is 1. The van der Waals surface area contributed by atoms with Crippen molar-refractivity contribution in [3.05, 3.63) is 23.8 Å². The summed E-state index contributed by atoms with van der Waals surface area (Å²) >= 11 is 0. The zero-order valence-corrected chi connectivity index (χ0v) is 10.8. The highest BCUT2D eigenvalue weighted by molar-refractivity contribution is 5.96. The van der Waals surface area contributed by atoms with E-state index in [1.165, 1.54) is 0 Å². The molecule has 4 heterocycles. The zero-order chi connectivity index (χ0) is 13.0. The number of hydrogen-bond donors (Lipinski definition) is 0. The van der Waals surface area contributed by atoms with Crippen LogP contribution in [-0.2, 0) is 0 Å². The number of rotatable bonds is 1. The normalized spacial score (nSPS) is 28.2. The molecule has 19 heavy (non-hydrogen) atoms. The number of carbonyl (C=O) groups is 1. The van der Waals surface area contributed by atoms with Gasteiger partial charge in [0, 0.05) is 30.7 Å². The Morgan fingerprint density at radius 1 is 1.21 bits per heavy atom. The minimum Gasteiger partial charge on any atom is -0.454 e. The first-order valence-corrected chi connectivity index (χ1v) is 6.63. The summed E-state index contributed by atoms with van der Waals surface area (Å²) < 4.78 is 10.6. The Morgan fingerprint density at radius 3 is 2.74 bits per heavy atom. The molecule has 2 unspecified atom stereocenters. The predicted octanol–water partition coefficient (Wildman–Crippen LogP) is 0.944. The monoisotopic (exact) mass is 260 g/mol. The molecule has 3 saturated heterocycles. The second-order valence-electron chi connectivity index (χ2n) is 5.55. The molecule has 5 rings (SSSR count). The standard InChI is InChI=1S/C14H16N2O3/c1-15-6-10-5-11(7-15)16(10)14(17)9-2-3-12-13(4-9)19-8-18-12/h2-4,10-11H,5-8H2,1H3. The molecule has 1 aromatic rings. The van der Waals surface area contributed by atoms with Crippen molar-refractivity contribution in [2.24, 2.45) is 0 Å². The Bertz CT molecular complexity index is 533. The minimum atomic E-state index is 0.118. The number of nitrogens with zero attached hydrogens (tertiary/aromatic N) is 2. The van der Waals surface area contributed by atoms with Gasteiger partial charge in [0.15, 0.2) is 11.5 Å². The third-order valence-corrected chi connectivity index (χ3v) is 4.23. The highest BCUT2D eigenvalue weighted by atomic mass is 16.7. The topological polar surface area (TPSA) is 42.0 Å². The van der Waals surface area contributed by atoms with Crippen molar-refractivity contribution < 1.29 is 14.3 Å². The van der Waals surface area contributed by atoms with Gasteiger partial charge in [-0.05, 0) is 31.7 Å². The number of benzene rings is 1. The van der Waals surface area contributed by atoms with Crippen LogP contribution in [0.2, 0.25) is 0 Å². The molecule has 2 bridgehead atoms. The first-order chi connectivity index (χ1) is 9.22. The average molecular weight is 260 g/mol. The van der Waals surface area contributed by atoms with Crippen molar-refractivity contribution in [2.75, 3.05) is 26.9 Å². The van der Waals surface area contributed by atoms with Crippen LogP contribution in [0.15, 0.2) is 18.2 Å². The van der Waals surface area contributed by atoms with Gasteiger partial charge in [-0.25, -0.2) is 0 Å². The lowest BCUT2D eigenvalue weighted by atomic mass is 9.87. The van der Waals surface area contributed by atoms with Gasteiger partial charge in [-0.15, -0.1) is 0 Å². The summed E-state index contributed by atoms with van der Waals surface area (Å²) in [6, 6.07) is 6.19. The van der Waals surface area contributed by atoms with Gasteiger partial charge in [0.2, 0.25) is 6.79 Å². The third kappa shape index (κ3) is 1.61. The Labute approximate surface area is 111 Å². The van der Waals surface area contributed by atoms with Crippen LogP contribution in [0.5, 0.6) is 11.5 Å². The van der Waals surface area contributed by atoms with E-state index >= 15 is 0 Å². The summed E-state index contributed by atoms with van der Waals surface area (Å²) in [6.45, 7) is 2.20. The number of amides is 1. The van der Waals surface area contributed by atoms with E-state index in [0.29, 0.717) is 23.4 Å². The lowest BCUT2D eigenvalue weighted by Gasteiger charge is -2.55. The smallest absolute Gasteiger partial charge is 0.254 e. The summed E-state index contributed by atoms with van der Waals surface area (Å²) in [5.74, 6) is 1.52. The van der Waals surface area contributed by atoms with E-state index in [1.807, 2.05) is 17.0 Å². The maximum atomic E-state index is 12.6. The van der Waals surface area contributed by atoms with Crippen LogP contribution in [0.25, 0.3) is 0 Å². The Hall–Kier alpha value is -1.75. The lowest BCUT2D eigenvalue weighted by molar-refractivity contribution is -0.0397. The molecule has 100 valence electrons. The van der Waals surface area contributed by atoms with Gasteiger partial charge in [0.1, 0.15) is 0 Å². The average Bonchev–Trinajstić information content (AvgIpc) is 2.85. The number of carbonyl (C=O) groups excluding carboxylic acids is 1. The van der Waals surface area contributed by atoms with E-state index in [-0.39, 0.29) is 12.7 Å². The maximum absolute atomic E-state index is 12.6. The lowest BCUT2D eigenvalue weighted by Crippen LogP contribution is -2.69. The van der Waals surface area contributed by atoms with Crippen molar-refractivity contribution in [1.29, 1.82) is 0 Å². The molecule has 0 aromatic heterocycles. The molecule has 2 atom stereocenters. The molecule has 3 fully saturated rings. The van der Waals surface area contributed by atoms with Crippen molar-refractivity contribution in [3.8, 4) is 11.5 Å². The molecule has 1 aromatic carbocycles. The van der Waals surface area contributed by atoms with E-state index < -0.39 is 0 Å². The second-order valence-corrected chi connectivity index (χ2v) is 5.55. The van der Waals surface area contributed by atoms with Gasteiger partial charge in [0.25, 0.3) is 5.91 Å². The van der Waals surface area contributed by atoms with Crippen molar-refractivity contribution in [2.45, 2.75) is 18.5 Å². The van der Waals surface area contributed by atoms with Gasteiger partial charge in [-0.1, -0.05) is 0 Å². The van der Waals surface area contributed by atoms with Crippen LogP contribution < -0.4 is 9.47 Å². The van der Waals surface area contributed by atoms with E-state index in [1.54, 1.807) is 6.07 Å². The molecule has 0 spiro atoms. The van der Waals surface area contributed by atoms with Crippen LogP contribution in [0.1, 0.15) is 16.8 Å². The highest BCUT2D eigenvalue weighted by Gasteiger charge is 2.46. The molecule has 0 N–H and O–H groups in total. The Balaban J connectivity index is 1.58. The summed E-state index contributed by atoms with van der Waals surface area (Å²) in [5.41, 5.74) is 0.698. The summed E-state index contributed by atoms with van der Waals surface area (Å²) in [7, 11) is 2.11. The molecule has 4 aliphatic heterocycles. The van der Waals surface area contributed by atoms with Crippen molar-refractivity contribution >= 4 is 5.91 Å². The van der Waals surface area contributed by atoms with Crippen LogP contribution in [-0.4, -0.2) is 54.7 Å². The van der Waals surface area contributed by atoms with Crippen molar-refractivity contribution in [1.82, 2.24) is 9.80 Å². The number of piperazine rings is 1. The van der Waals surface area contributed by atoms with Gasteiger partial charge >= 0.3 is 0 Å². The molecule has 5 nitrogen and oxygen atoms in total. The summed E-state index contributed by atoms with van der Waals surface area (Å²) in [6.07, 6.45) is 1.14. The number of likely N-dealkylation sites (N-methyl/N-ethyl adjacent to an activating group) is 1. The predicted molar refractivity (Wildman–Crippen MR) is 68.4 cm³/mol. The maximum Gasteiger partial charge on any atom is 0.254 e. The minimum absolute atomic E-state index is 0.118. The third-order valence-electron chi connectivity index (χ3n) is 4.23. The SMILES string of the molecule is CN1CC2CC(C1)N2C(=O)c1ccc2c(c1)OCO2. The first kappa shape index (κ1) is 11.1. The van der Waals surface area contributed by atoms with Crippen molar-refractivity contribution in [3.63, 3.8) is 0 Å². The molecule has 5 heteroatoms. The fourth-order valence-corrected chi connectivity index (χ4v) is 3.33. The fourth-order valence-electron chi connectivity index (χ4n) is 3.33. The van der Waals surface area contributed by atoms with Crippen LogP contribution in [0.3, 0.4) is 0 Å². The molecule has 0 saturated carbocycles. The summed E-state index contributed by atoms with van der Waals surface area (Å²) in [5, 5.41) is 0. The van der Waals surface area contributed by atoms with E-state index in [4.69, 9.17) is 9.47 Å². The largest absolute Gasteiger partial charge is 0.454 e. The molecular formula is C14H16N2O3. The number of hydrogen-bond acceptors (Lipinski definition) is 4. The number of ether oxygens (including phenoxy) is 2. The summed E-state index contributed by atoms with van der Waals surface area (Å²) in [4.78, 5) is 16.9.